The van der Waals surface area contributed by atoms with Crippen LogP contribution in [0, 0.1) is 0 Å². The van der Waals surface area contributed by atoms with E-state index >= 15 is 0 Å². The van der Waals surface area contributed by atoms with Crippen molar-refractivity contribution in [2.24, 2.45) is 5.73 Å². The second-order valence-electron chi connectivity index (χ2n) is 6.65. The Bertz CT molecular complexity index is 490. The van der Waals surface area contributed by atoms with Crippen LogP contribution in [-0.4, -0.2) is 47.4 Å². The Hall–Kier alpha value is -1.39. The summed E-state index contributed by atoms with van der Waals surface area (Å²) in [5, 5.41) is 0. The third-order valence-corrected chi connectivity index (χ3v) is 4.90. The van der Waals surface area contributed by atoms with E-state index in [-0.39, 0.29) is 12.1 Å². The Labute approximate surface area is 133 Å². The highest BCUT2D eigenvalue weighted by Gasteiger charge is 2.33. The molecule has 0 unspecified atom stereocenters. The van der Waals surface area contributed by atoms with Crippen LogP contribution in [0.3, 0.4) is 0 Å². The highest BCUT2D eigenvalue weighted by Crippen LogP contribution is 2.22. The summed E-state index contributed by atoms with van der Waals surface area (Å²) in [6.45, 7) is 3.50. The summed E-state index contributed by atoms with van der Waals surface area (Å²) in [5.74, 6) is 0.297. The van der Waals surface area contributed by atoms with Crippen LogP contribution in [0.2, 0.25) is 0 Å². The number of hydrogen-bond acceptors (Lipinski definition) is 3. The van der Waals surface area contributed by atoms with Gasteiger partial charge in [0, 0.05) is 25.7 Å². The number of rotatable bonds is 3. The van der Waals surface area contributed by atoms with E-state index in [0.29, 0.717) is 5.91 Å². The van der Waals surface area contributed by atoms with Crippen LogP contribution in [0.1, 0.15) is 37.7 Å². The smallest absolute Gasteiger partial charge is 0.239 e. The van der Waals surface area contributed by atoms with E-state index in [0.717, 1.165) is 51.9 Å². The van der Waals surface area contributed by atoms with Crippen LogP contribution < -0.4 is 5.73 Å². The molecule has 3 rings (SSSR count). The lowest BCUT2D eigenvalue weighted by Gasteiger charge is -2.40. The minimum absolute atomic E-state index is 0.0410. The van der Waals surface area contributed by atoms with Gasteiger partial charge in [0.15, 0.2) is 0 Å². The zero-order valence-corrected chi connectivity index (χ0v) is 13.3. The number of carbonyl (C=O) groups is 1. The van der Waals surface area contributed by atoms with Crippen molar-refractivity contribution in [3.05, 3.63) is 35.9 Å². The standard InChI is InChI=1S/C18H27N3O/c19-16-9-6-12-21(14-16)18(22)17-10-4-5-11-20(17)13-15-7-2-1-3-8-15/h1-3,7-8,16-17H,4-6,9-14,19H2/t16-,17-/m0/s1. The van der Waals surface area contributed by atoms with E-state index < -0.39 is 0 Å². The first-order valence-corrected chi connectivity index (χ1v) is 8.56. The van der Waals surface area contributed by atoms with Crippen molar-refractivity contribution in [1.29, 1.82) is 0 Å². The lowest BCUT2D eigenvalue weighted by Crippen LogP contribution is -2.54. The molecule has 0 saturated carbocycles. The maximum absolute atomic E-state index is 12.9. The molecule has 1 amide bonds. The number of piperidine rings is 2. The quantitative estimate of drug-likeness (QED) is 0.929. The van der Waals surface area contributed by atoms with Gasteiger partial charge in [0.1, 0.15) is 0 Å². The molecule has 22 heavy (non-hydrogen) atoms. The average Bonchev–Trinajstić information content (AvgIpc) is 2.56. The van der Waals surface area contributed by atoms with Gasteiger partial charge in [0.2, 0.25) is 5.91 Å². The first kappa shape index (κ1) is 15.5. The fourth-order valence-corrected chi connectivity index (χ4v) is 3.70. The lowest BCUT2D eigenvalue weighted by atomic mass is 9.98. The van der Waals surface area contributed by atoms with Gasteiger partial charge in [0.05, 0.1) is 6.04 Å². The number of amides is 1. The molecule has 2 fully saturated rings. The van der Waals surface area contributed by atoms with E-state index in [1.165, 1.54) is 12.0 Å². The molecule has 2 aliphatic heterocycles. The topological polar surface area (TPSA) is 49.6 Å². The number of nitrogens with two attached hydrogens (primary N) is 1. The highest BCUT2D eigenvalue weighted by atomic mass is 16.2. The van der Waals surface area contributed by atoms with Crippen molar-refractivity contribution in [2.45, 2.75) is 50.7 Å². The Morgan fingerprint density at radius 3 is 2.68 bits per heavy atom. The number of likely N-dealkylation sites (tertiary alicyclic amines) is 2. The zero-order chi connectivity index (χ0) is 15.4. The molecule has 0 aliphatic carbocycles. The Morgan fingerprint density at radius 1 is 1.09 bits per heavy atom. The molecule has 1 aromatic rings. The molecule has 2 aliphatic rings. The molecule has 0 aromatic heterocycles. The molecule has 0 bridgehead atoms. The normalized spacial score (nSPS) is 26.9. The van der Waals surface area contributed by atoms with Gasteiger partial charge in [-0.3, -0.25) is 9.69 Å². The predicted molar refractivity (Wildman–Crippen MR) is 88.3 cm³/mol. The van der Waals surface area contributed by atoms with Gasteiger partial charge in [-0.05, 0) is 37.8 Å². The lowest BCUT2D eigenvalue weighted by molar-refractivity contribution is -0.139. The van der Waals surface area contributed by atoms with Crippen molar-refractivity contribution in [3.8, 4) is 0 Å². The highest BCUT2D eigenvalue weighted by molar-refractivity contribution is 5.82. The molecule has 4 nitrogen and oxygen atoms in total. The summed E-state index contributed by atoms with van der Waals surface area (Å²) in [6.07, 6.45) is 5.41. The van der Waals surface area contributed by atoms with E-state index in [4.69, 9.17) is 5.73 Å². The summed E-state index contributed by atoms with van der Waals surface area (Å²) in [4.78, 5) is 17.3. The average molecular weight is 301 g/mol. The summed E-state index contributed by atoms with van der Waals surface area (Å²) < 4.78 is 0. The van der Waals surface area contributed by atoms with E-state index in [9.17, 15) is 4.79 Å². The van der Waals surface area contributed by atoms with E-state index in [2.05, 4.69) is 29.2 Å². The third kappa shape index (κ3) is 3.68. The third-order valence-electron chi connectivity index (χ3n) is 4.90. The van der Waals surface area contributed by atoms with Crippen LogP contribution in [0.25, 0.3) is 0 Å². The van der Waals surface area contributed by atoms with Crippen LogP contribution in [0.15, 0.2) is 30.3 Å². The molecule has 2 N–H and O–H groups in total. The molecule has 0 radical (unpaired) electrons. The van der Waals surface area contributed by atoms with Crippen LogP contribution >= 0.6 is 0 Å². The van der Waals surface area contributed by atoms with E-state index in [1.807, 2.05) is 11.0 Å². The van der Waals surface area contributed by atoms with Gasteiger partial charge in [-0.1, -0.05) is 36.8 Å². The molecule has 2 saturated heterocycles. The van der Waals surface area contributed by atoms with Gasteiger partial charge in [0.25, 0.3) is 0 Å². The van der Waals surface area contributed by atoms with Crippen molar-refractivity contribution in [3.63, 3.8) is 0 Å². The molecule has 4 heteroatoms. The minimum Gasteiger partial charge on any atom is -0.340 e. The first-order valence-electron chi connectivity index (χ1n) is 8.56. The van der Waals surface area contributed by atoms with Crippen LogP contribution in [0.4, 0.5) is 0 Å². The van der Waals surface area contributed by atoms with Gasteiger partial charge >= 0.3 is 0 Å². The molecule has 2 atom stereocenters. The Balaban J connectivity index is 1.67. The minimum atomic E-state index is 0.0410. The number of benzene rings is 1. The van der Waals surface area contributed by atoms with Gasteiger partial charge in [-0.25, -0.2) is 0 Å². The number of hydrogen-bond donors (Lipinski definition) is 1. The van der Waals surface area contributed by atoms with Gasteiger partial charge < -0.3 is 10.6 Å². The molecule has 1 aromatic carbocycles. The van der Waals surface area contributed by atoms with Crippen LogP contribution in [0.5, 0.6) is 0 Å². The van der Waals surface area contributed by atoms with Crippen molar-refractivity contribution >= 4 is 5.91 Å². The maximum atomic E-state index is 12.9. The summed E-state index contributed by atoms with van der Waals surface area (Å²) in [6, 6.07) is 10.7. The zero-order valence-electron chi connectivity index (χ0n) is 13.3. The largest absolute Gasteiger partial charge is 0.340 e. The predicted octanol–water partition coefficient (Wildman–Crippen LogP) is 1.99. The van der Waals surface area contributed by atoms with Crippen molar-refractivity contribution < 1.29 is 4.79 Å². The fraction of sp³-hybridized carbons (Fsp3) is 0.611. The molecular formula is C18H27N3O. The monoisotopic (exact) mass is 301 g/mol. The summed E-state index contributed by atoms with van der Waals surface area (Å²) in [5.41, 5.74) is 7.33. The second-order valence-corrected chi connectivity index (χ2v) is 6.65. The maximum Gasteiger partial charge on any atom is 0.239 e. The first-order chi connectivity index (χ1) is 10.7. The van der Waals surface area contributed by atoms with Gasteiger partial charge in [-0.15, -0.1) is 0 Å². The summed E-state index contributed by atoms with van der Waals surface area (Å²) >= 11 is 0. The van der Waals surface area contributed by atoms with Crippen LogP contribution in [-0.2, 0) is 11.3 Å². The fourth-order valence-electron chi connectivity index (χ4n) is 3.70. The molecule has 2 heterocycles. The van der Waals surface area contributed by atoms with Gasteiger partial charge in [-0.2, -0.15) is 0 Å². The number of nitrogens with zero attached hydrogens (tertiary/aromatic N) is 2. The number of carbonyl (C=O) groups excluding carboxylic acids is 1. The summed E-state index contributed by atoms with van der Waals surface area (Å²) in [7, 11) is 0. The molecule has 0 spiro atoms. The SMILES string of the molecule is N[C@H]1CCCN(C(=O)[C@@H]2CCCCN2Cc2ccccc2)C1. The van der Waals surface area contributed by atoms with E-state index in [1.54, 1.807) is 0 Å². The van der Waals surface area contributed by atoms with Crippen molar-refractivity contribution in [1.82, 2.24) is 9.80 Å². The molecule has 120 valence electrons. The Kier molecular flexibility index (Phi) is 5.11. The van der Waals surface area contributed by atoms with Crippen molar-refractivity contribution in [2.75, 3.05) is 19.6 Å². The second kappa shape index (κ2) is 7.25. The molecular weight excluding hydrogens is 274 g/mol. The Morgan fingerprint density at radius 2 is 1.91 bits per heavy atom.